The van der Waals surface area contributed by atoms with E-state index in [1.807, 2.05) is 24.3 Å². The maximum atomic E-state index is 12.1. The van der Waals surface area contributed by atoms with Crippen molar-refractivity contribution in [3.8, 4) is 0 Å². The topological polar surface area (TPSA) is 137 Å². The van der Waals surface area contributed by atoms with Crippen LogP contribution in [0.3, 0.4) is 0 Å². The summed E-state index contributed by atoms with van der Waals surface area (Å²) in [7, 11) is 0. The van der Waals surface area contributed by atoms with E-state index in [2.05, 4.69) is 15.6 Å². The van der Waals surface area contributed by atoms with E-state index in [1.165, 1.54) is 6.92 Å². The molecule has 0 saturated heterocycles. The fourth-order valence-electron chi connectivity index (χ4n) is 2.38. The molecule has 8 heteroatoms. The zero-order chi connectivity index (χ0) is 17.7. The normalized spacial score (nSPS) is 13.2. The summed E-state index contributed by atoms with van der Waals surface area (Å²) in [5.41, 5.74) is 6.86. The van der Waals surface area contributed by atoms with Gasteiger partial charge in [-0.25, -0.2) is 4.79 Å². The van der Waals surface area contributed by atoms with E-state index < -0.39 is 29.9 Å². The Balaban J connectivity index is 2.08. The van der Waals surface area contributed by atoms with Gasteiger partial charge in [0.15, 0.2) is 0 Å². The van der Waals surface area contributed by atoms with Gasteiger partial charge in [0.2, 0.25) is 11.8 Å². The van der Waals surface area contributed by atoms with Crippen LogP contribution in [0.25, 0.3) is 10.9 Å². The number of para-hydroxylation sites is 1. The Bertz CT molecular complexity index is 755. The highest BCUT2D eigenvalue weighted by Crippen LogP contribution is 2.19. The third-order valence-electron chi connectivity index (χ3n) is 3.67. The molecule has 0 fully saturated rings. The van der Waals surface area contributed by atoms with Crippen LogP contribution in [-0.4, -0.2) is 46.5 Å². The summed E-state index contributed by atoms with van der Waals surface area (Å²) >= 11 is 0. The van der Waals surface area contributed by atoms with Gasteiger partial charge >= 0.3 is 5.97 Å². The number of fused-ring (bicyclic) bond motifs is 1. The van der Waals surface area contributed by atoms with E-state index >= 15 is 0 Å². The number of nitrogens with two attached hydrogens (primary N) is 1. The molecule has 0 spiro atoms. The van der Waals surface area contributed by atoms with Crippen molar-refractivity contribution in [1.82, 2.24) is 15.6 Å². The molecule has 8 nitrogen and oxygen atoms in total. The fraction of sp³-hybridized carbons (Fsp3) is 0.312. The molecule has 0 radical (unpaired) electrons. The number of aliphatic carboxylic acids is 1. The SMILES string of the molecule is C[C@H](NC(=O)CN)C(=O)N[C@@H](Cc1c[nH]c2ccccc12)C(=O)O. The average molecular weight is 332 g/mol. The minimum absolute atomic E-state index is 0.128. The number of amides is 2. The lowest BCUT2D eigenvalue weighted by atomic mass is 10.0. The van der Waals surface area contributed by atoms with Gasteiger partial charge in [-0.15, -0.1) is 0 Å². The lowest BCUT2D eigenvalue weighted by molar-refractivity contribution is -0.142. The van der Waals surface area contributed by atoms with Crippen LogP contribution in [0.15, 0.2) is 30.5 Å². The van der Waals surface area contributed by atoms with Crippen molar-refractivity contribution in [2.24, 2.45) is 5.73 Å². The van der Waals surface area contributed by atoms with E-state index in [9.17, 15) is 19.5 Å². The summed E-state index contributed by atoms with van der Waals surface area (Å²) in [6.45, 7) is 1.23. The second kappa shape index (κ2) is 7.60. The van der Waals surface area contributed by atoms with Crippen molar-refractivity contribution < 1.29 is 19.5 Å². The van der Waals surface area contributed by atoms with E-state index in [-0.39, 0.29) is 13.0 Å². The van der Waals surface area contributed by atoms with Crippen LogP contribution in [0, 0.1) is 0 Å². The third kappa shape index (κ3) is 4.11. The molecule has 0 aliphatic heterocycles. The number of benzene rings is 1. The summed E-state index contributed by atoms with van der Waals surface area (Å²) in [5.74, 6) is -2.21. The predicted molar refractivity (Wildman–Crippen MR) is 88.2 cm³/mol. The predicted octanol–water partition coefficient (Wildman–Crippen LogP) is -0.257. The molecule has 1 aromatic heterocycles. The number of H-pyrrole nitrogens is 1. The second-order valence-corrected chi connectivity index (χ2v) is 5.46. The second-order valence-electron chi connectivity index (χ2n) is 5.46. The Kier molecular flexibility index (Phi) is 5.54. The standard InChI is InChI=1S/C16H20N4O4/c1-9(19-14(21)7-17)15(22)20-13(16(23)24)6-10-8-18-12-5-3-2-4-11(10)12/h2-5,8-9,13,18H,6-7,17H2,1H3,(H,19,21)(H,20,22)(H,23,24)/t9-,13-/m0/s1. The molecule has 2 rings (SSSR count). The van der Waals surface area contributed by atoms with Crippen LogP contribution in [0.1, 0.15) is 12.5 Å². The Labute approximate surface area is 138 Å². The molecule has 128 valence electrons. The fourth-order valence-corrected chi connectivity index (χ4v) is 2.38. The first-order valence-corrected chi connectivity index (χ1v) is 7.50. The van der Waals surface area contributed by atoms with Crippen molar-refractivity contribution in [2.75, 3.05) is 6.54 Å². The van der Waals surface area contributed by atoms with Crippen LogP contribution in [0.5, 0.6) is 0 Å². The maximum absolute atomic E-state index is 12.1. The van der Waals surface area contributed by atoms with Crippen LogP contribution in [0.4, 0.5) is 0 Å². The number of hydrogen-bond donors (Lipinski definition) is 5. The number of carboxylic acid groups (broad SMARTS) is 1. The maximum Gasteiger partial charge on any atom is 0.326 e. The Hall–Kier alpha value is -2.87. The Morgan fingerprint density at radius 1 is 1.25 bits per heavy atom. The van der Waals surface area contributed by atoms with Crippen LogP contribution >= 0.6 is 0 Å². The summed E-state index contributed by atoms with van der Waals surface area (Å²) < 4.78 is 0. The molecule has 6 N–H and O–H groups in total. The molecular weight excluding hydrogens is 312 g/mol. The summed E-state index contributed by atoms with van der Waals surface area (Å²) in [6, 6.07) is 5.53. The number of rotatable bonds is 7. The van der Waals surface area contributed by atoms with Gasteiger partial charge in [0.05, 0.1) is 6.54 Å². The number of nitrogens with one attached hydrogen (secondary N) is 3. The third-order valence-corrected chi connectivity index (χ3v) is 3.67. The molecule has 2 aromatic rings. The van der Waals surface area contributed by atoms with Gasteiger partial charge in [-0.2, -0.15) is 0 Å². The smallest absolute Gasteiger partial charge is 0.326 e. The molecular formula is C16H20N4O4. The quantitative estimate of drug-likeness (QED) is 0.476. The minimum Gasteiger partial charge on any atom is -0.480 e. The van der Waals surface area contributed by atoms with Gasteiger partial charge < -0.3 is 26.5 Å². The zero-order valence-corrected chi connectivity index (χ0v) is 13.2. The highest BCUT2D eigenvalue weighted by molar-refractivity contribution is 5.91. The van der Waals surface area contributed by atoms with Crippen molar-refractivity contribution in [3.63, 3.8) is 0 Å². The molecule has 24 heavy (non-hydrogen) atoms. The van der Waals surface area contributed by atoms with Gasteiger partial charge in [-0.1, -0.05) is 18.2 Å². The number of carbonyl (C=O) groups excluding carboxylic acids is 2. The minimum atomic E-state index is -1.15. The summed E-state index contributed by atoms with van der Waals surface area (Å²) in [4.78, 5) is 37.8. The molecule has 1 aromatic carbocycles. The molecule has 0 saturated carbocycles. The van der Waals surface area contributed by atoms with Gasteiger partial charge in [-0.05, 0) is 18.6 Å². The van der Waals surface area contributed by atoms with Gasteiger partial charge in [0, 0.05) is 23.5 Å². The first kappa shape index (κ1) is 17.5. The van der Waals surface area contributed by atoms with Crippen molar-refractivity contribution in [1.29, 1.82) is 0 Å². The van der Waals surface area contributed by atoms with Crippen molar-refractivity contribution in [3.05, 3.63) is 36.0 Å². The largest absolute Gasteiger partial charge is 0.480 e. The van der Waals surface area contributed by atoms with Crippen LogP contribution in [-0.2, 0) is 20.8 Å². The first-order chi connectivity index (χ1) is 11.4. The number of aromatic nitrogens is 1. The number of carbonyl (C=O) groups is 3. The highest BCUT2D eigenvalue weighted by Gasteiger charge is 2.24. The van der Waals surface area contributed by atoms with Crippen LogP contribution < -0.4 is 16.4 Å². The van der Waals surface area contributed by atoms with Crippen molar-refractivity contribution in [2.45, 2.75) is 25.4 Å². The molecule has 0 aliphatic carbocycles. The highest BCUT2D eigenvalue weighted by atomic mass is 16.4. The molecule has 0 bridgehead atoms. The Morgan fingerprint density at radius 2 is 1.96 bits per heavy atom. The lowest BCUT2D eigenvalue weighted by Crippen LogP contribution is -2.51. The molecule has 1 heterocycles. The molecule has 0 unspecified atom stereocenters. The number of hydrogen-bond acceptors (Lipinski definition) is 4. The van der Waals surface area contributed by atoms with Gasteiger partial charge in [-0.3, -0.25) is 9.59 Å². The zero-order valence-electron chi connectivity index (χ0n) is 13.2. The van der Waals surface area contributed by atoms with E-state index in [0.717, 1.165) is 16.5 Å². The van der Waals surface area contributed by atoms with Gasteiger partial charge in [0.25, 0.3) is 0 Å². The van der Waals surface area contributed by atoms with E-state index in [4.69, 9.17) is 5.73 Å². The number of aromatic amines is 1. The van der Waals surface area contributed by atoms with Gasteiger partial charge in [0.1, 0.15) is 12.1 Å². The molecule has 2 atom stereocenters. The lowest BCUT2D eigenvalue weighted by Gasteiger charge is -2.18. The van der Waals surface area contributed by atoms with Crippen molar-refractivity contribution >= 4 is 28.7 Å². The monoisotopic (exact) mass is 332 g/mol. The van der Waals surface area contributed by atoms with E-state index in [1.54, 1.807) is 6.20 Å². The molecule has 2 amide bonds. The summed E-state index contributed by atoms with van der Waals surface area (Å²) in [6.07, 6.45) is 1.86. The number of carboxylic acids is 1. The van der Waals surface area contributed by atoms with E-state index in [0.29, 0.717) is 0 Å². The summed E-state index contributed by atoms with van der Waals surface area (Å²) in [5, 5.41) is 15.1. The Morgan fingerprint density at radius 3 is 2.62 bits per heavy atom. The molecule has 0 aliphatic rings. The first-order valence-electron chi connectivity index (χ1n) is 7.50. The average Bonchev–Trinajstić information content (AvgIpc) is 2.97. The van der Waals surface area contributed by atoms with Crippen LogP contribution in [0.2, 0.25) is 0 Å².